The molecule has 4 N–H and O–H groups in total. The number of carbonyl (C=O) groups excluding carboxylic acids is 4. The van der Waals surface area contributed by atoms with Gasteiger partial charge in [0.2, 0.25) is 11.9 Å². The number of halogens is 4. The minimum absolute atomic E-state index is 0.0937. The normalized spacial score (nSPS) is 16.6. The molecular formula is C44H57Cl2I2N9O7. The van der Waals surface area contributed by atoms with Gasteiger partial charge in [0.1, 0.15) is 24.3 Å². The van der Waals surface area contributed by atoms with Gasteiger partial charge in [0, 0.05) is 48.3 Å². The number of amides is 3. The van der Waals surface area contributed by atoms with E-state index >= 15 is 0 Å². The maximum Gasteiger partial charge on any atom is 0.407 e. The van der Waals surface area contributed by atoms with Crippen molar-refractivity contribution < 1.29 is 33.4 Å². The highest BCUT2D eigenvalue weighted by Crippen LogP contribution is 2.30. The first-order valence-electron chi connectivity index (χ1n) is 21.1. The molecule has 2 saturated heterocycles. The Labute approximate surface area is 411 Å². The average Bonchev–Trinajstić information content (AvgIpc) is 3.70. The molecule has 0 bridgehead atoms. The molecule has 6 rings (SSSR count). The second-order valence-electron chi connectivity index (χ2n) is 17.4. The summed E-state index contributed by atoms with van der Waals surface area (Å²) >= 11 is 16.9. The number of hydrogen-bond acceptors (Lipinski definition) is 11. The highest BCUT2D eigenvalue weighted by Gasteiger charge is 2.32. The zero-order valence-corrected chi connectivity index (χ0v) is 43.0. The molecule has 3 amide bonds. The molecule has 64 heavy (non-hydrogen) atoms. The fourth-order valence-corrected chi connectivity index (χ4v) is 9.22. The zero-order chi connectivity index (χ0) is 46.9. The first-order chi connectivity index (χ1) is 30.1. The highest BCUT2D eigenvalue weighted by atomic mass is 127. The van der Waals surface area contributed by atoms with Gasteiger partial charge in [0.25, 0.3) is 5.91 Å². The van der Waals surface area contributed by atoms with Crippen LogP contribution in [0.4, 0.5) is 21.5 Å². The van der Waals surface area contributed by atoms with Crippen LogP contribution in [0.15, 0.2) is 48.5 Å². The molecule has 0 saturated carbocycles. The lowest BCUT2D eigenvalue weighted by Crippen LogP contribution is -2.49. The van der Waals surface area contributed by atoms with Crippen molar-refractivity contribution in [3.05, 3.63) is 88.5 Å². The van der Waals surface area contributed by atoms with Crippen molar-refractivity contribution in [3.63, 3.8) is 0 Å². The number of nitrogens with one attached hydrogen (secondary N) is 2. The van der Waals surface area contributed by atoms with E-state index in [4.69, 9.17) is 48.1 Å². The van der Waals surface area contributed by atoms with Crippen LogP contribution in [0, 0.1) is 7.40 Å². The predicted molar refractivity (Wildman–Crippen MR) is 265 cm³/mol. The number of nitrogens with two attached hydrogens (primary N) is 1. The molecule has 2 aliphatic heterocycles. The second kappa shape index (κ2) is 22.4. The van der Waals surface area contributed by atoms with Crippen LogP contribution in [-0.2, 0) is 27.3 Å². The molecule has 0 aliphatic carbocycles. The summed E-state index contributed by atoms with van der Waals surface area (Å²) in [7, 11) is 0. The van der Waals surface area contributed by atoms with E-state index in [1.807, 2.05) is 117 Å². The van der Waals surface area contributed by atoms with E-state index in [0.29, 0.717) is 66.9 Å². The Morgan fingerprint density at radius 1 is 0.719 bits per heavy atom. The van der Waals surface area contributed by atoms with Gasteiger partial charge < -0.3 is 44.9 Å². The number of rotatable bonds is 11. The standard InChI is InChI=1S/C23H30ClIN4O4.C21H27ClIN5O3/c1-5-32-20(30)18-19(25)27-21(29(18)13-15-9-6-7-11-17(15)24)28-12-8-10-16(14-28)26-22(31)33-23(2,3)4;1-21(2,3)31-20(30)25-14-8-6-10-27(12-14)19-26-17(23)16(18(24)29)28(19)11-13-7-4-5-9-15(13)22/h6-7,9,11,16H,5,8,10,12-14H2,1-4H3,(H,26,31);4-5,7,9,14H,6,8,10-12H2,1-3H3,(H2,24,29)(H,25,30)/t16-;14-/m11/s1. The van der Waals surface area contributed by atoms with Crippen LogP contribution in [0.1, 0.15) is 106 Å². The number of hydrogen-bond donors (Lipinski definition) is 3. The molecule has 0 spiro atoms. The van der Waals surface area contributed by atoms with Crippen LogP contribution in [0.5, 0.6) is 0 Å². The van der Waals surface area contributed by atoms with Crippen LogP contribution in [-0.4, -0.2) is 99.2 Å². The molecular weight excluding hydrogens is 1090 g/mol. The molecule has 4 heterocycles. The molecule has 16 nitrogen and oxygen atoms in total. The lowest BCUT2D eigenvalue weighted by Gasteiger charge is -2.34. The van der Waals surface area contributed by atoms with Crippen molar-refractivity contribution in [1.29, 1.82) is 0 Å². The van der Waals surface area contributed by atoms with E-state index in [-0.39, 0.29) is 18.7 Å². The van der Waals surface area contributed by atoms with Crippen LogP contribution in [0.3, 0.4) is 0 Å². The fraction of sp³-hybridized carbons (Fsp3) is 0.500. The Hall–Kier alpha value is -4.02. The summed E-state index contributed by atoms with van der Waals surface area (Å²) in [4.78, 5) is 63.0. The van der Waals surface area contributed by atoms with Crippen LogP contribution in [0.2, 0.25) is 10.0 Å². The maximum absolute atomic E-state index is 12.8. The van der Waals surface area contributed by atoms with E-state index < -0.39 is 35.3 Å². The average molecular weight is 1150 g/mol. The molecule has 348 valence electrons. The summed E-state index contributed by atoms with van der Waals surface area (Å²) in [6.45, 7) is 16.4. The molecule has 4 aromatic rings. The van der Waals surface area contributed by atoms with Gasteiger partial charge in [0.05, 0.1) is 19.7 Å². The summed E-state index contributed by atoms with van der Waals surface area (Å²) < 4.78 is 20.9. The Bertz CT molecular complexity index is 2290. The molecule has 2 aromatic carbocycles. The third-order valence-electron chi connectivity index (χ3n) is 9.93. The molecule has 2 aromatic heterocycles. The Kier molecular flexibility index (Phi) is 17.9. The number of aromatic nitrogens is 4. The second-order valence-corrected chi connectivity index (χ2v) is 20.3. The van der Waals surface area contributed by atoms with E-state index in [2.05, 4.69) is 48.0 Å². The summed E-state index contributed by atoms with van der Waals surface area (Å²) in [5, 5.41) is 7.13. The molecule has 20 heteroatoms. The van der Waals surface area contributed by atoms with Gasteiger partial charge >= 0.3 is 18.2 Å². The summed E-state index contributed by atoms with van der Waals surface area (Å²) in [6.07, 6.45) is 2.53. The van der Waals surface area contributed by atoms with Crippen molar-refractivity contribution in [2.24, 2.45) is 5.73 Å². The van der Waals surface area contributed by atoms with Crippen molar-refractivity contribution in [3.8, 4) is 0 Å². The number of imidazole rings is 2. The van der Waals surface area contributed by atoms with Crippen molar-refractivity contribution >= 4 is 104 Å². The largest absolute Gasteiger partial charge is 0.461 e. The monoisotopic (exact) mass is 1150 g/mol. The van der Waals surface area contributed by atoms with Crippen LogP contribution < -0.4 is 26.2 Å². The first-order valence-corrected chi connectivity index (χ1v) is 24.0. The van der Waals surface area contributed by atoms with E-state index in [0.717, 1.165) is 49.9 Å². The van der Waals surface area contributed by atoms with E-state index in [1.165, 1.54) is 0 Å². The number of esters is 1. The molecule has 2 fully saturated rings. The minimum Gasteiger partial charge on any atom is -0.461 e. The quantitative estimate of drug-likeness (QED) is 0.0741. The third-order valence-corrected chi connectivity index (χ3v) is 12.2. The van der Waals surface area contributed by atoms with E-state index in [1.54, 1.807) is 11.5 Å². The Morgan fingerprint density at radius 3 is 1.52 bits per heavy atom. The predicted octanol–water partition coefficient (Wildman–Crippen LogP) is 8.64. The summed E-state index contributed by atoms with van der Waals surface area (Å²) in [6, 6.07) is 14.8. The fourth-order valence-electron chi connectivity index (χ4n) is 7.33. The van der Waals surface area contributed by atoms with Crippen molar-refractivity contribution in [2.75, 3.05) is 42.6 Å². The lowest BCUT2D eigenvalue weighted by molar-refractivity contribution is 0.0487. The van der Waals surface area contributed by atoms with Gasteiger partial charge in [0.15, 0.2) is 5.69 Å². The molecule has 0 radical (unpaired) electrons. The number of primary amides is 1. The van der Waals surface area contributed by atoms with Gasteiger partial charge in [-0.3, -0.25) is 9.36 Å². The number of nitrogens with zero attached hydrogens (tertiary/aromatic N) is 6. The van der Waals surface area contributed by atoms with Crippen LogP contribution in [0.25, 0.3) is 0 Å². The number of carbonyl (C=O) groups is 4. The number of piperidine rings is 2. The smallest absolute Gasteiger partial charge is 0.407 e. The van der Waals surface area contributed by atoms with Crippen molar-refractivity contribution in [1.82, 2.24) is 29.7 Å². The number of alkyl carbamates (subject to hydrolysis) is 2. The highest BCUT2D eigenvalue weighted by molar-refractivity contribution is 14.1. The first kappa shape index (κ1) is 51.0. The molecule has 2 atom stereocenters. The molecule has 2 aliphatic rings. The van der Waals surface area contributed by atoms with E-state index in [9.17, 15) is 19.2 Å². The van der Waals surface area contributed by atoms with Gasteiger partial charge in [-0.1, -0.05) is 59.6 Å². The summed E-state index contributed by atoms with van der Waals surface area (Å²) in [5.41, 5.74) is 7.03. The Balaban J connectivity index is 0.000000241. The number of benzene rings is 2. The summed E-state index contributed by atoms with van der Waals surface area (Å²) in [5.74, 6) is 0.315. The topological polar surface area (TPSA) is 188 Å². The molecule has 0 unspecified atom stereocenters. The number of ether oxygens (including phenoxy) is 3. The van der Waals surface area contributed by atoms with Gasteiger partial charge in [-0.25, -0.2) is 24.4 Å². The third kappa shape index (κ3) is 14.2. The van der Waals surface area contributed by atoms with Gasteiger partial charge in [-0.2, -0.15) is 0 Å². The minimum atomic E-state index is -0.561. The van der Waals surface area contributed by atoms with Crippen molar-refractivity contribution in [2.45, 2.75) is 111 Å². The van der Waals surface area contributed by atoms with Crippen LogP contribution >= 0.6 is 68.4 Å². The van der Waals surface area contributed by atoms with Gasteiger partial charge in [-0.05, 0) is 143 Å². The lowest BCUT2D eigenvalue weighted by atomic mass is 10.1. The SMILES string of the molecule is CC(C)(C)OC(=O)N[C@@H]1CCCN(c2nc(I)c(C(N)=O)n2Cc2ccccc2Cl)C1.CCOC(=O)c1c(I)nc(N2CCC[C@@H](NC(=O)OC(C)(C)C)C2)n1Cc1ccccc1Cl. The maximum atomic E-state index is 12.8. The number of anilines is 2. The van der Waals surface area contributed by atoms with Gasteiger partial charge in [-0.15, -0.1) is 0 Å². The zero-order valence-electron chi connectivity index (χ0n) is 37.2. The Morgan fingerprint density at radius 2 is 1.12 bits per heavy atom.